The first kappa shape index (κ1) is 32.9. The van der Waals surface area contributed by atoms with E-state index in [-0.39, 0.29) is 37.6 Å². The van der Waals surface area contributed by atoms with E-state index in [2.05, 4.69) is 48.8 Å². The SMILES string of the molecule is Fc1ccc(-n2nc3c[c-]ccc3n2)cc1.Fc1ccc(-n2nc3c[c-]ccc3n2)cc1.Fc1ccc(-n2nc3c[c-]ccc3n2)cc1.[Ir+3]. The van der Waals surface area contributed by atoms with Gasteiger partial charge in [-0.05, 0) is 72.8 Å². The van der Waals surface area contributed by atoms with Gasteiger partial charge in [-0.3, -0.25) is 0 Å². The summed E-state index contributed by atoms with van der Waals surface area (Å²) in [5.41, 5.74) is 6.90. The Morgan fingerprint density at radius 3 is 0.837 bits per heavy atom. The van der Waals surface area contributed by atoms with Crippen LogP contribution >= 0.6 is 0 Å². The van der Waals surface area contributed by atoms with Crippen molar-refractivity contribution < 1.29 is 33.3 Å². The van der Waals surface area contributed by atoms with Crippen LogP contribution in [0.2, 0.25) is 0 Å². The number of hydrogen-bond acceptors (Lipinski definition) is 6. The van der Waals surface area contributed by atoms with Gasteiger partial charge in [0.15, 0.2) is 0 Å². The third-order valence-electron chi connectivity index (χ3n) is 6.85. The molecule has 0 spiro atoms. The topological polar surface area (TPSA) is 92.1 Å². The molecule has 0 unspecified atom stereocenters. The van der Waals surface area contributed by atoms with Gasteiger partial charge in [0.25, 0.3) is 0 Å². The molecule has 0 radical (unpaired) electrons. The zero-order valence-corrected chi connectivity index (χ0v) is 27.5. The number of halogens is 3. The van der Waals surface area contributed by atoms with Gasteiger partial charge in [0.05, 0.1) is 17.1 Å². The minimum atomic E-state index is -0.270. The van der Waals surface area contributed by atoms with Gasteiger partial charge in [0.2, 0.25) is 0 Å². The molecule has 0 fully saturated rings. The molecule has 13 heteroatoms. The van der Waals surface area contributed by atoms with Gasteiger partial charge >= 0.3 is 20.1 Å². The van der Waals surface area contributed by atoms with Gasteiger partial charge < -0.3 is 0 Å². The largest absolute Gasteiger partial charge is 3.00 e. The van der Waals surface area contributed by atoms with E-state index in [1.165, 1.54) is 50.8 Å². The fraction of sp³-hybridized carbons (Fsp3) is 0. The summed E-state index contributed by atoms with van der Waals surface area (Å²) in [7, 11) is 0. The van der Waals surface area contributed by atoms with Gasteiger partial charge in [-0.2, -0.15) is 66.1 Å². The molecule has 0 saturated heterocycles. The molecule has 6 aromatic carbocycles. The second kappa shape index (κ2) is 14.8. The summed E-state index contributed by atoms with van der Waals surface area (Å²) in [6, 6.07) is 43.1. The van der Waals surface area contributed by atoms with Crippen LogP contribution in [0.15, 0.2) is 127 Å². The molecule has 0 N–H and O–H groups in total. The number of hydrogen-bond donors (Lipinski definition) is 0. The van der Waals surface area contributed by atoms with Crippen molar-refractivity contribution in [2.24, 2.45) is 0 Å². The molecular weight excluding hydrogens is 808 g/mol. The van der Waals surface area contributed by atoms with Crippen molar-refractivity contribution in [1.82, 2.24) is 45.0 Å². The Bertz CT molecular complexity index is 2070. The van der Waals surface area contributed by atoms with Crippen molar-refractivity contribution in [2.45, 2.75) is 0 Å². The van der Waals surface area contributed by atoms with Gasteiger partial charge in [0, 0.05) is 33.1 Å². The van der Waals surface area contributed by atoms with E-state index < -0.39 is 0 Å². The normalized spacial score (nSPS) is 10.6. The van der Waals surface area contributed by atoms with Crippen molar-refractivity contribution in [3.63, 3.8) is 0 Å². The van der Waals surface area contributed by atoms with Gasteiger partial charge in [-0.15, -0.1) is 36.4 Å². The van der Waals surface area contributed by atoms with Crippen LogP contribution in [0.3, 0.4) is 0 Å². The van der Waals surface area contributed by atoms with Gasteiger partial charge in [0.1, 0.15) is 17.5 Å². The number of aromatic nitrogens is 9. The number of benzene rings is 6. The summed E-state index contributed by atoms with van der Waals surface area (Å²) in [6.45, 7) is 0. The van der Waals surface area contributed by atoms with E-state index >= 15 is 0 Å². The number of rotatable bonds is 3. The zero-order valence-electron chi connectivity index (χ0n) is 25.1. The van der Waals surface area contributed by atoms with Crippen molar-refractivity contribution in [1.29, 1.82) is 0 Å². The first-order valence-corrected chi connectivity index (χ1v) is 14.5. The van der Waals surface area contributed by atoms with Crippen molar-refractivity contribution >= 4 is 33.1 Å². The van der Waals surface area contributed by atoms with E-state index in [4.69, 9.17) is 0 Å². The summed E-state index contributed by atoms with van der Waals surface area (Å²) >= 11 is 0. The van der Waals surface area contributed by atoms with Gasteiger partial charge in [-0.25, -0.2) is 28.5 Å². The van der Waals surface area contributed by atoms with Crippen LogP contribution in [-0.4, -0.2) is 45.0 Å². The van der Waals surface area contributed by atoms with Crippen LogP contribution < -0.4 is 0 Å². The van der Waals surface area contributed by atoms with E-state index in [1.54, 1.807) is 72.8 Å². The Kier molecular flexibility index (Phi) is 9.93. The molecule has 240 valence electrons. The fourth-order valence-electron chi connectivity index (χ4n) is 4.48. The van der Waals surface area contributed by atoms with Crippen LogP contribution in [0.1, 0.15) is 0 Å². The summed E-state index contributed by atoms with van der Waals surface area (Å²) in [4.78, 5) is 4.45. The zero-order chi connectivity index (χ0) is 32.9. The molecule has 49 heavy (non-hydrogen) atoms. The Labute approximate surface area is 290 Å². The minimum Gasteiger partial charge on any atom is -0.215 e. The molecule has 3 heterocycles. The molecule has 0 atom stereocenters. The average molecular weight is 829 g/mol. The molecule has 0 aliphatic carbocycles. The predicted molar refractivity (Wildman–Crippen MR) is 173 cm³/mol. The van der Waals surface area contributed by atoms with Crippen LogP contribution in [0.25, 0.3) is 50.2 Å². The molecule has 3 aromatic heterocycles. The Morgan fingerprint density at radius 1 is 0.347 bits per heavy atom. The maximum Gasteiger partial charge on any atom is 3.00 e. The molecule has 0 aliphatic rings. The average Bonchev–Trinajstić information content (AvgIpc) is 3.87. The first-order chi connectivity index (χ1) is 23.5. The Balaban J connectivity index is 0.000000126. The molecule has 0 bridgehead atoms. The molecule has 9 aromatic rings. The maximum absolute atomic E-state index is 12.8. The second-order valence-electron chi connectivity index (χ2n) is 10.1. The summed E-state index contributed by atoms with van der Waals surface area (Å²) < 4.78 is 38.3. The van der Waals surface area contributed by atoms with Gasteiger partial charge in [-0.1, -0.05) is 0 Å². The van der Waals surface area contributed by atoms with E-state index in [0.717, 1.165) is 50.2 Å². The maximum atomic E-state index is 12.8. The quantitative estimate of drug-likeness (QED) is 0.177. The smallest absolute Gasteiger partial charge is 0.215 e. The molecule has 0 saturated carbocycles. The van der Waals surface area contributed by atoms with E-state index in [1.807, 2.05) is 18.2 Å². The monoisotopic (exact) mass is 829 g/mol. The molecule has 9 rings (SSSR count). The first-order valence-electron chi connectivity index (χ1n) is 14.5. The Hall–Kier alpha value is -6.04. The van der Waals surface area contributed by atoms with Crippen LogP contribution in [0.4, 0.5) is 13.2 Å². The third-order valence-corrected chi connectivity index (χ3v) is 6.85. The van der Waals surface area contributed by atoms with Crippen molar-refractivity contribution in [2.75, 3.05) is 0 Å². The summed E-state index contributed by atoms with van der Waals surface area (Å²) in [5, 5.41) is 25.6. The van der Waals surface area contributed by atoms with Crippen molar-refractivity contribution in [3.05, 3.63) is 163 Å². The molecular formula is C36H21F3IrN9. The predicted octanol–water partition coefficient (Wildman–Crippen LogP) is 7.08. The Morgan fingerprint density at radius 2 is 0.592 bits per heavy atom. The number of nitrogens with zero attached hydrogens (tertiary/aromatic N) is 9. The minimum absolute atomic E-state index is 0. The van der Waals surface area contributed by atoms with Crippen LogP contribution in [-0.2, 0) is 20.1 Å². The molecule has 0 aliphatic heterocycles. The standard InChI is InChI=1S/3C12H7FN3.Ir/c3*13-9-5-7-10(8-6-9)16-14-11-3-1-2-4-12(11)15-16;/h3*1,3-8H;/q3*-1;+3. The molecule has 9 nitrogen and oxygen atoms in total. The number of fused-ring (bicyclic) bond motifs is 3. The second-order valence-corrected chi connectivity index (χ2v) is 10.1. The van der Waals surface area contributed by atoms with E-state index in [0.29, 0.717) is 0 Å². The summed E-state index contributed by atoms with van der Waals surface area (Å²) in [6.07, 6.45) is 0. The van der Waals surface area contributed by atoms with Crippen LogP contribution in [0, 0.1) is 35.7 Å². The van der Waals surface area contributed by atoms with Crippen LogP contribution in [0.5, 0.6) is 0 Å². The molecule has 0 amide bonds. The van der Waals surface area contributed by atoms with E-state index in [9.17, 15) is 13.2 Å². The van der Waals surface area contributed by atoms with Crippen molar-refractivity contribution in [3.8, 4) is 17.1 Å². The summed E-state index contributed by atoms with van der Waals surface area (Å²) in [5.74, 6) is -0.809. The fourth-order valence-corrected chi connectivity index (χ4v) is 4.48. The third kappa shape index (κ3) is 7.75.